The van der Waals surface area contributed by atoms with Crippen LogP contribution in [0.2, 0.25) is 0 Å². The minimum Gasteiger partial charge on any atom is -0.468 e. The van der Waals surface area contributed by atoms with Crippen molar-refractivity contribution in [2.75, 3.05) is 13.7 Å². The predicted octanol–water partition coefficient (Wildman–Crippen LogP) is 3.23. The molecule has 2 aliphatic rings. The van der Waals surface area contributed by atoms with Crippen LogP contribution < -0.4 is 0 Å². The summed E-state index contributed by atoms with van der Waals surface area (Å²) in [4.78, 5) is 39.2. The Hall–Kier alpha value is -2.11. The molecule has 0 N–H and O–H groups in total. The molecule has 1 aliphatic heterocycles. The van der Waals surface area contributed by atoms with Gasteiger partial charge in [0.2, 0.25) is 0 Å². The van der Waals surface area contributed by atoms with Crippen LogP contribution in [0.1, 0.15) is 47.5 Å². The summed E-state index contributed by atoms with van der Waals surface area (Å²) < 4.78 is 10.3. The molecule has 0 bridgehead atoms. The average Bonchev–Trinajstić information content (AvgIpc) is 2.62. The maximum atomic E-state index is 13.0. The highest BCUT2D eigenvalue weighted by molar-refractivity contribution is 6.09. The van der Waals surface area contributed by atoms with Crippen LogP contribution in [0.3, 0.4) is 0 Å². The molecule has 2 atom stereocenters. The van der Waals surface area contributed by atoms with E-state index in [0.717, 1.165) is 5.57 Å². The smallest absolute Gasteiger partial charge is 0.414 e. The summed E-state index contributed by atoms with van der Waals surface area (Å²) >= 11 is 0. The number of hydrogen-bond donors (Lipinski definition) is 0. The average molecular weight is 349 g/mol. The lowest BCUT2D eigenvalue weighted by Crippen LogP contribution is -2.38. The molecule has 6 nitrogen and oxygen atoms in total. The first-order valence-corrected chi connectivity index (χ1v) is 8.59. The zero-order chi connectivity index (χ0) is 18.9. The lowest BCUT2D eigenvalue weighted by molar-refractivity contribution is -0.148. The van der Waals surface area contributed by atoms with Gasteiger partial charge in [0.15, 0.2) is 5.78 Å². The Labute approximate surface area is 148 Å². The third-order valence-corrected chi connectivity index (χ3v) is 4.34. The second-order valence-corrected chi connectivity index (χ2v) is 7.72. The molecule has 25 heavy (non-hydrogen) atoms. The number of carbonyl (C=O) groups is 3. The molecule has 0 fully saturated rings. The Balaban J connectivity index is 2.48. The van der Waals surface area contributed by atoms with E-state index in [1.165, 1.54) is 12.0 Å². The van der Waals surface area contributed by atoms with E-state index in [1.807, 2.05) is 19.9 Å². The normalized spacial score (nSPS) is 24.3. The van der Waals surface area contributed by atoms with Gasteiger partial charge >= 0.3 is 12.1 Å². The third-order valence-electron chi connectivity index (χ3n) is 4.34. The van der Waals surface area contributed by atoms with Crippen LogP contribution in [-0.4, -0.2) is 42.0 Å². The molecular formula is C19H27NO5. The number of methoxy groups -OCH3 is 1. The first-order valence-electron chi connectivity index (χ1n) is 8.59. The molecule has 138 valence electrons. The maximum Gasteiger partial charge on any atom is 0.414 e. The van der Waals surface area contributed by atoms with Gasteiger partial charge in [-0.05, 0) is 52.0 Å². The zero-order valence-electron chi connectivity index (χ0n) is 15.8. The monoisotopic (exact) mass is 349 g/mol. The van der Waals surface area contributed by atoms with Crippen LogP contribution in [0.25, 0.3) is 0 Å². The highest BCUT2D eigenvalue weighted by Crippen LogP contribution is 2.37. The number of esters is 1. The maximum absolute atomic E-state index is 13.0. The SMILES string of the molecule is COC(=O)C1CCN(C(=O)OC(C)(C)C)C2=C(CC(C)C=C2C)C1=O. The lowest BCUT2D eigenvalue weighted by Gasteiger charge is -2.31. The predicted molar refractivity (Wildman–Crippen MR) is 92.6 cm³/mol. The summed E-state index contributed by atoms with van der Waals surface area (Å²) in [5, 5.41) is 0. The second-order valence-electron chi connectivity index (χ2n) is 7.72. The number of ketones is 1. The summed E-state index contributed by atoms with van der Waals surface area (Å²) in [6.07, 6.45) is 2.26. The van der Waals surface area contributed by atoms with Crippen LogP contribution in [0.5, 0.6) is 0 Å². The van der Waals surface area contributed by atoms with Crippen molar-refractivity contribution in [2.24, 2.45) is 11.8 Å². The Bertz CT molecular complexity index is 653. The van der Waals surface area contributed by atoms with Crippen molar-refractivity contribution in [3.63, 3.8) is 0 Å². The number of carbonyl (C=O) groups excluding carboxylic acids is 3. The van der Waals surface area contributed by atoms with Crippen molar-refractivity contribution >= 4 is 17.8 Å². The number of allylic oxidation sites excluding steroid dienone is 3. The first kappa shape index (κ1) is 19.2. The summed E-state index contributed by atoms with van der Waals surface area (Å²) in [5.41, 5.74) is 1.32. The minimum atomic E-state index is -0.875. The van der Waals surface area contributed by atoms with Gasteiger partial charge < -0.3 is 9.47 Å². The second kappa shape index (κ2) is 7.02. The molecule has 0 radical (unpaired) electrons. The van der Waals surface area contributed by atoms with Crippen molar-refractivity contribution < 1.29 is 23.9 Å². The largest absolute Gasteiger partial charge is 0.468 e. The Morgan fingerprint density at radius 2 is 1.92 bits per heavy atom. The van der Waals surface area contributed by atoms with E-state index in [4.69, 9.17) is 9.47 Å². The van der Waals surface area contributed by atoms with E-state index in [0.29, 0.717) is 17.7 Å². The molecule has 1 amide bonds. The Kier molecular flexibility index (Phi) is 5.40. The van der Waals surface area contributed by atoms with E-state index in [1.54, 1.807) is 20.8 Å². The Morgan fingerprint density at radius 1 is 1.28 bits per heavy atom. The molecule has 2 rings (SSSR count). The quantitative estimate of drug-likeness (QED) is 0.537. The molecule has 1 aliphatic carbocycles. The van der Waals surface area contributed by atoms with E-state index < -0.39 is 23.6 Å². The molecular weight excluding hydrogens is 322 g/mol. The molecule has 2 unspecified atom stereocenters. The van der Waals surface area contributed by atoms with E-state index >= 15 is 0 Å². The number of nitrogens with zero attached hydrogens (tertiary/aromatic N) is 1. The summed E-state index contributed by atoms with van der Waals surface area (Å²) in [7, 11) is 1.27. The lowest BCUT2D eigenvalue weighted by atomic mass is 9.84. The van der Waals surface area contributed by atoms with Gasteiger partial charge in [-0.1, -0.05) is 13.0 Å². The van der Waals surface area contributed by atoms with Gasteiger partial charge in [0.1, 0.15) is 11.5 Å². The van der Waals surface area contributed by atoms with Gasteiger partial charge in [-0.3, -0.25) is 14.5 Å². The van der Waals surface area contributed by atoms with Crippen molar-refractivity contribution in [1.82, 2.24) is 4.90 Å². The van der Waals surface area contributed by atoms with E-state index in [-0.39, 0.29) is 24.7 Å². The molecule has 0 aromatic carbocycles. The standard InChI is InChI=1S/C19H27NO5/c1-11-9-12(2)15-14(10-11)16(21)13(17(22)24-6)7-8-20(15)18(23)25-19(3,4)5/h9,11,13H,7-8,10H2,1-6H3. The highest BCUT2D eigenvalue weighted by Gasteiger charge is 2.40. The van der Waals surface area contributed by atoms with Crippen molar-refractivity contribution in [3.8, 4) is 0 Å². The van der Waals surface area contributed by atoms with Gasteiger partial charge in [-0.25, -0.2) is 4.79 Å². The van der Waals surface area contributed by atoms with Crippen LogP contribution >= 0.6 is 0 Å². The van der Waals surface area contributed by atoms with Gasteiger partial charge in [0.05, 0.1) is 12.8 Å². The third kappa shape index (κ3) is 4.11. The van der Waals surface area contributed by atoms with E-state index in [9.17, 15) is 14.4 Å². The molecule has 6 heteroatoms. The molecule has 0 saturated carbocycles. The van der Waals surface area contributed by atoms with Crippen LogP contribution in [0.15, 0.2) is 22.9 Å². The van der Waals surface area contributed by atoms with Gasteiger partial charge in [-0.2, -0.15) is 0 Å². The molecule has 1 heterocycles. The van der Waals surface area contributed by atoms with Gasteiger partial charge in [0.25, 0.3) is 0 Å². The molecule has 0 aromatic rings. The van der Waals surface area contributed by atoms with Gasteiger partial charge in [-0.15, -0.1) is 0 Å². The van der Waals surface area contributed by atoms with Crippen molar-refractivity contribution in [2.45, 2.75) is 53.1 Å². The zero-order valence-corrected chi connectivity index (χ0v) is 15.8. The Morgan fingerprint density at radius 3 is 2.48 bits per heavy atom. The topological polar surface area (TPSA) is 72.9 Å². The van der Waals surface area contributed by atoms with Crippen LogP contribution in [-0.2, 0) is 19.1 Å². The fraction of sp³-hybridized carbons (Fsp3) is 0.632. The number of Topliss-reactive ketones (excluding diaryl/α,β-unsaturated/α-hetero) is 1. The van der Waals surface area contributed by atoms with E-state index in [2.05, 4.69) is 0 Å². The molecule has 0 spiro atoms. The van der Waals surface area contributed by atoms with Crippen molar-refractivity contribution in [1.29, 1.82) is 0 Å². The number of ether oxygens (including phenoxy) is 2. The van der Waals surface area contributed by atoms with Gasteiger partial charge in [0, 0.05) is 12.1 Å². The molecule has 0 saturated heterocycles. The first-order chi connectivity index (χ1) is 11.5. The summed E-state index contributed by atoms with van der Waals surface area (Å²) in [6, 6.07) is 0. The minimum absolute atomic E-state index is 0.166. The van der Waals surface area contributed by atoms with Crippen LogP contribution in [0, 0.1) is 11.8 Å². The molecule has 0 aromatic heterocycles. The van der Waals surface area contributed by atoms with Crippen molar-refractivity contribution in [3.05, 3.63) is 22.9 Å². The van der Waals surface area contributed by atoms with Crippen LogP contribution in [0.4, 0.5) is 4.79 Å². The number of rotatable bonds is 1. The number of hydrogen-bond acceptors (Lipinski definition) is 5. The summed E-state index contributed by atoms with van der Waals surface area (Å²) in [5.74, 6) is -1.50. The summed E-state index contributed by atoms with van der Waals surface area (Å²) in [6.45, 7) is 9.52. The number of amides is 1. The highest BCUT2D eigenvalue weighted by atomic mass is 16.6. The fourth-order valence-electron chi connectivity index (χ4n) is 3.39. The fourth-order valence-corrected chi connectivity index (χ4v) is 3.39.